The first-order valence-electron chi connectivity index (χ1n) is 6.64. The first-order valence-corrected chi connectivity index (χ1v) is 9.55. The second-order valence-corrected chi connectivity index (χ2v) is 11.1. The highest BCUT2D eigenvalue weighted by Crippen LogP contribution is 2.37. The van der Waals surface area contributed by atoms with Gasteiger partial charge in [0, 0.05) is 7.05 Å². The average molecular weight is 290 g/mol. The lowest BCUT2D eigenvalue weighted by molar-refractivity contribution is -0.173. The van der Waals surface area contributed by atoms with Gasteiger partial charge in [-0.15, -0.1) is 0 Å². The van der Waals surface area contributed by atoms with Gasteiger partial charge in [0.25, 0.3) is 5.91 Å². The van der Waals surface area contributed by atoms with Gasteiger partial charge < -0.3 is 9.74 Å². The molecule has 0 heterocycles. The molecule has 0 saturated heterocycles. The predicted octanol–water partition coefficient (Wildman–Crippen LogP) is 2.00. The lowest BCUT2D eigenvalue weighted by atomic mass is 10.2. The minimum Gasteiger partial charge on any atom is -0.412 e. The Balaban J connectivity index is 4.88. The average Bonchev–Trinajstić information content (AvgIpc) is 2.26. The van der Waals surface area contributed by atoms with Crippen LogP contribution in [0.25, 0.3) is 0 Å². The summed E-state index contributed by atoms with van der Waals surface area (Å²) in [6, 6.07) is -0.404. The monoisotopic (exact) mass is 290 g/mol. The second-order valence-electron chi connectivity index (χ2n) is 6.37. The molecule has 0 aromatic heterocycles. The van der Waals surface area contributed by atoms with Gasteiger partial charge in [0.1, 0.15) is 6.04 Å². The van der Waals surface area contributed by atoms with E-state index in [9.17, 15) is 4.79 Å². The second kappa shape index (κ2) is 6.83. The molecule has 0 bridgehead atoms. The van der Waals surface area contributed by atoms with E-state index in [-0.39, 0.29) is 17.0 Å². The fourth-order valence-corrected chi connectivity index (χ4v) is 2.97. The highest BCUT2D eigenvalue weighted by Gasteiger charge is 2.41. The van der Waals surface area contributed by atoms with Crippen molar-refractivity contribution < 1.29 is 14.1 Å². The molecule has 0 aromatic carbocycles. The van der Waals surface area contributed by atoms with Crippen LogP contribution in [-0.2, 0) is 14.1 Å². The summed E-state index contributed by atoms with van der Waals surface area (Å²) in [6.07, 6.45) is -0.198. The molecule has 2 atom stereocenters. The maximum absolute atomic E-state index is 12.2. The van der Waals surface area contributed by atoms with Gasteiger partial charge in [0.15, 0.2) is 8.32 Å². The zero-order chi connectivity index (χ0) is 15.4. The van der Waals surface area contributed by atoms with Gasteiger partial charge in [-0.05, 0) is 32.1 Å². The van der Waals surface area contributed by atoms with Crippen molar-refractivity contribution in [3.8, 4) is 0 Å². The van der Waals surface area contributed by atoms with E-state index in [2.05, 4.69) is 39.2 Å². The number of rotatable bonds is 6. The molecular weight excluding hydrogens is 260 g/mol. The molecule has 114 valence electrons. The molecular formula is C13H30N2O3Si. The maximum Gasteiger partial charge on any atom is 0.265 e. The van der Waals surface area contributed by atoms with Crippen LogP contribution in [0.5, 0.6) is 0 Å². The summed E-state index contributed by atoms with van der Waals surface area (Å²) in [7, 11) is 2.95. The molecule has 1 unspecified atom stereocenters. The van der Waals surface area contributed by atoms with Gasteiger partial charge in [0.2, 0.25) is 0 Å². The van der Waals surface area contributed by atoms with Crippen LogP contribution < -0.4 is 5.32 Å². The molecule has 0 spiro atoms. The lowest BCUT2D eigenvalue weighted by Crippen LogP contribution is -2.54. The van der Waals surface area contributed by atoms with Crippen molar-refractivity contribution in [2.75, 3.05) is 21.2 Å². The van der Waals surface area contributed by atoms with E-state index in [4.69, 9.17) is 9.26 Å². The summed E-state index contributed by atoms with van der Waals surface area (Å²) in [5.74, 6) is -0.129. The first-order chi connectivity index (χ1) is 8.47. The SMILES string of the molecule is CN[C@H](C(=O)N(C)OC)C(C)O[Si](C)(C)C(C)(C)C. The van der Waals surface area contributed by atoms with Crippen LogP contribution in [0.15, 0.2) is 0 Å². The largest absolute Gasteiger partial charge is 0.412 e. The number of hydrogen-bond acceptors (Lipinski definition) is 4. The van der Waals surface area contributed by atoms with E-state index >= 15 is 0 Å². The van der Waals surface area contributed by atoms with Crippen LogP contribution in [0, 0.1) is 0 Å². The topological polar surface area (TPSA) is 50.8 Å². The fourth-order valence-electron chi connectivity index (χ4n) is 1.55. The van der Waals surface area contributed by atoms with Crippen molar-refractivity contribution in [3.05, 3.63) is 0 Å². The van der Waals surface area contributed by atoms with Crippen LogP contribution in [-0.4, -0.2) is 52.6 Å². The van der Waals surface area contributed by atoms with Gasteiger partial charge in [-0.2, -0.15) is 0 Å². The Morgan fingerprint density at radius 1 is 1.32 bits per heavy atom. The zero-order valence-electron chi connectivity index (χ0n) is 13.8. The molecule has 0 aliphatic carbocycles. The molecule has 0 aliphatic rings. The number of nitrogens with zero attached hydrogens (tertiary/aromatic N) is 1. The van der Waals surface area contributed by atoms with E-state index < -0.39 is 14.4 Å². The number of likely N-dealkylation sites (N-methyl/N-ethyl adjacent to an activating group) is 2. The van der Waals surface area contributed by atoms with Crippen LogP contribution in [0.4, 0.5) is 0 Å². The number of nitrogens with one attached hydrogen (secondary N) is 1. The van der Waals surface area contributed by atoms with Crippen LogP contribution in [0.1, 0.15) is 27.7 Å². The third-order valence-corrected chi connectivity index (χ3v) is 8.49. The van der Waals surface area contributed by atoms with Crippen molar-refractivity contribution in [1.29, 1.82) is 0 Å². The molecule has 1 N–H and O–H groups in total. The minimum absolute atomic E-state index is 0.121. The molecule has 1 amide bonds. The van der Waals surface area contributed by atoms with E-state index in [1.165, 1.54) is 12.2 Å². The Kier molecular flexibility index (Phi) is 6.68. The first kappa shape index (κ1) is 18.6. The van der Waals surface area contributed by atoms with Crippen molar-refractivity contribution >= 4 is 14.2 Å². The summed E-state index contributed by atoms with van der Waals surface area (Å²) in [4.78, 5) is 17.1. The fraction of sp³-hybridized carbons (Fsp3) is 0.923. The van der Waals surface area contributed by atoms with Crippen LogP contribution in [0.3, 0.4) is 0 Å². The Morgan fingerprint density at radius 2 is 1.79 bits per heavy atom. The standard InChI is InChI=1S/C13H30N2O3Si/c1-10(18-19(8,9)13(2,3)4)11(14-5)12(16)15(6)17-7/h10-11,14H,1-9H3/t10?,11-/m0/s1. The van der Waals surface area contributed by atoms with Crippen LogP contribution >= 0.6 is 0 Å². The Labute approximate surface area is 118 Å². The summed E-state index contributed by atoms with van der Waals surface area (Å²) >= 11 is 0. The Morgan fingerprint density at radius 3 is 2.11 bits per heavy atom. The Hall–Kier alpha value is -0.433. The van der Waals surface area contributed by atoms with E-state index in [0.29, 0.717) is 0 Å². The molecule has 0 aliphatic heterocycles. The number of carbonyl (C=O) groups is 1. The lowest BCUT2D eigenvalue weighted by Gasteiger charge is -2.40. The molecule has 0 radical (unpaired) electrons. The van der Waals surface area contributed by atoms with Crippen molar-refractivity contribution in [3.63, 3.8) is 0 Å². The molecule has 0 rings (SSSR count). The normalized spacial score (nSPS) is 16.1. The molecule has 19 heavy (non-hydrogen) atoms. The summed E-state index contributed by atoms with van der Waals surface area (Å²) < 4.78 is 6.24. The zero-order valence-corrected chi connectivity index (χ0v) is 14.8. The van der Waals surface area contributed by atoms with Gasteiger partial charge in [-0.25, -0.2) is 5.06 Å². The molecule has 5 nitrogen and oxygen atoms in total. The van der Waals surface area contributed by atoms with Crippen LogP contribution in [0.2, 0.25) is 18.1 Å². The third-order valence-electron chi connectivity index (χ3n) is 3.92. The van der Waals surface area contributed by atoms with Crippen molar-refractivity contribution in [2.24, 2.45) is 0 Å². The minimum atomic E-state index is -1.89. The van der Waals surface area contributed by atoms with Crippen molar-refractivity contribution in [2.45, 2.75) is 58.0 Å². The quantitative estimate of drug-likeness (QED) is 0.600. The predicted molar refractivity (Wildman–Crippen MR) is 80.4 cm³/mol. The van der Waals surface area contributed by atoms with Crippen molar-refractivity contribution in [1.82, 2.24) is 10.4 Å². The van der Waals surface area contributed by atoms with Gasteiger partial charge in [0.05, 0.1) is 13.2 Å². The molecule has 0 saturated carbocycles. The number of amides is 1. The highest BCUT2D eigenvalue weighted by molar-refractivity contribution is 6.74. The number of hydroxylamine groups is 2. The van der Waals surface area contributed by atoms with Gasteiger partial charge >= 0.3 is 0 Å². The third kappa shape index (κ3) is 4.87. The summed E-state index contributed by atoms with van der Waals surface area (Å²) in [5.41, 5.74) is 0. The highest BCUT2D eigenvalue weighted by atomic mass is 28.4. The van der Waals surface area contributed by atoms with Gasteiger partial charge in [-0.1, -0.05) is 20.8 Å². The summed E-state index contributed by atoms with van der Waals surface area (Å²) in [5, 5.41) is 4.37. The van der Waals surface area contributed by atoms with E-state index in [1.807, 2.05) is 6.92 Å². The number of hydrogen-bond donors (Lipinski definition) is 1. The Bertz CT molecular complexity index is 303. The summed E-state index contributed by atoms with van der Waals surface area (Å²) in [6.45, 7) is 12.8. The molecule has 0 aromatic rings. The number of carbonyl (C=O) groups excluding carboxylic acids is 1. The molecule has 0 fully saturated rings. The van der Waals surface area contributed by atoms with Gasteiger partial charge in [-0.3, -0.25) is 9.63 Å². The van der Waals surface area contributed by atoms with E-state index in [1.54, 1.807) is 14.1 Å². The maximum atomic E-state index is 12.2. The smallest absolute Gasteiger partial charge is 0.265 e. The van der Waals surface area contributed by atoms with E-state index in [0.717, 1.165) is 0 Å². The molecule has 6 heteroatoms.